The minimum Gasteiger partial charge on any atom is -0.344 e. The Hall–Kier alpha value is -1.74. The van der Waals surface area contributed by atoms with Gasteiger partial charge in [-0.05, 0) is 30.5 Å². The van der Waals surface area contributed by atoms with E-state index in [9.17, 15) is 13.2 Å². The van der Waals surface area contributed by atoms with Crippen molar-refractivity contribution in [2.24, 2.45) is 0 Å². The van der Waals surface area contributed by atoms with Crippen LogP contribution < -0.4 is 4.90 Å². The molecule has 1 saturated heterocycles. The molecular weight excluding hydrogens is 351 g/mol. The predicted octanol–water partition coefficient (Wildman–Crippen LogP) is 3.15. The van der Waals surface area contributed by atoms with Crippen molar-refractivity contribution in [1.82, 2.24) is 19.2 Å². The highest BCUT2D eigenvalue weighted by atomic mass is 32.1. The summed E-state index contributed by atoms with van der Waals surface area (Å²) in [5, 5.41) is 0.963. The first-order chi connectivity index (χ1) is 12.0. The summed E-state index contributed by atoms with van der Waals surface area (Å²) in [5.41, 5.74) is -0.187. The summed E-state index contributed by atoms with van der Waals surface area (Å²) >= 11 is 1.45. The van der Waals surface area contributed by atoms with Crippen LogP contribution in [0.15, 0.2) is 18.3 Å². The molecule has 2 aliphatic rings. The highest BCUT2D eigenvalue weighted by molar-refractivity contribution is 7.09. The smallest absolute Gasteiger partial charge is 0.344 e. The second-order valence-electron chi connectivity index (χ2n) is 6.52. The molecule has 2 aromatic heterocycles. The zero-order valence-electron chi connectivity index (χ0n) is 13.5. The molecule has 5 nitrogen and oxygen atoms in total. The summed E-state index contributed by atoms with van der Waals surface area (Å²) in [6, 6.07) is 2.79. The number of anilines is 1. The maximum absolute atomic E-state index is 12.8. The van der Waals surface area contributed by atoms with Gasteiger partial charge in [-0.1, -0.05) is 0 Å². The molecule has 0 bridgehead atoms. The third kappa shape index (κ3) is 3.92. The molecule has 3 heterocycles. The van der Waals surface area contributed by atoms with E-state index in [1.165, 1.54) is 30.6 Å². The molecule has 0 aromatic carbocycles. The number of rotatable bonds is 4. The standard InChI is InChI=1S/C16H18F3N5S/c17-16(18,19)13-9-11(3-4-20-13)10-23-5-7-24(8-6-23)15-21-14(22-25-15)12-1-2-12/h3-4,9,12H,1-2,5-8,10H2. The highest BCUT2D eigenvalue weighted by Gasteiger charge is 2.33. The molecule has 2 aromatic rings. The SMILES string of the molecule is FC(F)(F)c1cc(CN2CCN(c3nc(C4CC4)ns3)CC2)ccn1. The molecule has 1 saturated carbocycles. The minimum atomic E-state index is -4.40. The molecule has 0 atom stereocenters. The number of hydrogen-bond donors (Lipinski definition) is 0. The maximum Gasteiger partial charge on any atom is 0.433 e. The summed E-state index contributed by atoms with van der Waals surface area (Å²) in [6.45, 7) is 3.72. The van der Waals surface area contributed by atoms with E-state index in [-0.39, 0.29) is 0 Å². The molecule has 4 rings (SSSR count). The van der Waals surface area contributed by atoms with Crippen molar-refractivity contribution in [3.63, 3.8) is 0 Å². The van der Waals surface area contributed by atoms with Crippen molar-refractivity contribution >= 4 is 16.7 Å². The summed E-state index contributed by atoms with van der Waals surface area (Å²) < 4.78 is 42.7. The Labute approximate surface area is 147 Å². The van der Waals surface area contributed by atoms with Crippen LogP contribution in [0, 0.1) is 0 Å². The third-order valence-corrected chi connectivity index (χ3v) is 5.33. The Morgan fingerprint density at radius 3 is 2.60 bits per heavy atom. The van der Waals surface area contributed by atoms with Gasteiger partial charge < -0.3 is 4.90 Å². The second-order valence-corrected chi connectivity index (χ2v) is 7.25. The molecule has 1 aliphatic heterocycles. The van der Waals surface area contributed by atoms with Crippen LogP contribution in [-0.2, 0) is 12.7 Å². The number of hydrogen-bond acceptors (Lipinski definition) is 6. The molecule has 0 amide bonds. The average Bonchev–Trinajstić information content (AvgIpc) is 3.32. The fourth-order valence-corrected chi connectivity index (χ4v) is 3.74. The first-order valence-electron chi connectivity index (χ1n) is 8.32. The van der Waals surface area contributed by atoms with Crippen molar-refractivity contribution < 1.29 is 13.2 Å². The predicted molar refractivity (Wildman–Crippen MR) is 88.6 cm³/mol. The van der Waals surface area contributed by atoms with E-state index in [1.54, 1.807) is 6.07 Å². The Balaban J connectivity index is 1.34. The lowest BCUT2D eigenvalue weighted by atomic mass is 10.2. The van der Waals surface area contributed by atoms with E-state index in [2.05, 4.69) is 24.1 Å². The number of piperazine rings is 1. The summed E-state index contributed by atoms with van der Waals surface area (Å²) in [5.74, 6) is 1.53. The van der Waals surface area contributed by atoms with Gasteiger partial charge in [0.2, 0.25) is 5.13 Å². The lowest BCUT2D eigenvalue weighted by molar-refractivity contribution is -0.141. The maximum atomic E-state index is 12.8. The van der Waals surface area contributed by atoms with E-state index < -0.39 is 11.9 Å². The fraction of sp³-hybridized carbons (Fsp3) is 0.562. The molecule has 1 aliphatic carbocycles. The Morgan fingerprint density at radius 2 is 1.92 bits per heavy atom. The lowest BCUT2D eigenvalue weighted by Crippen LogP contribution is -2.46. The number of halogens is 3. The number of nitrogens with zero attached hydrogens (tertiary/aromatic N) is 5. The van der Waals surface area contributed by atoms with Gasteiger partial charge in [0.1, 0.15) is 11.5 Å². The summed E-state index contributed by atoms with van der Waals surface area (Å²) in [6.07, 6.45) is -0.785. The van der Waals surface area contributed by atoms with Gasteiger partial charge in [0.15, 0.2) is 0 Å². The van der Waals surface area contributed by atoms with Gasteiger partial charge in [-0.25, -0.2) is 4.98 Å². The van der Waals surface area contributed by atoms with Crippen LogP contribution in [0.5, 0.6) is 0 Å². The number of aromatic nitrogens is 3. The van der Waals surface area contributed by atoms with Crippen molar-refractivity contribution in [2.75, 3.05) is 31.1 Å². The van der Waals surface area contributed by atoms with Crippen LogP contribution >= 0.6 is 11.5 Å². The van der Waals surface area contributed by atoms with Crippen molar-refractivity contribution in [1.29, 1.82) is 0 Å². The minimum absolute atomic E-state index is 0.503. The van der Waals surface area contributed by atoms with Gasteiger partial charge >= 0.3 is 6.18 Å². The van der Waals surface area contributed by atoms with Gasteiger partial charge in [-0.15, -0.1) is 0 Å². The number of alkyl halides is 3. The van der Waals surface area contributed by atoms with Gasteiger partial charge in [-0.3, -0.25) is 9.88 Å². The lowest BCUT2D eigenvalue weighted by Gasteiger charge is -2.34. The first kappa shape index (κ1) is 16.7. The van der Waals surface area contributed by atoms with E-state index in [0.29, 0.717) is 18.0 Å². The zero-order valence-corrected chi connectivity index (χ0v) is 14.4. The Bertz CT molecular complexity index is 735. The number of pyridine rings is 1. The van der Waals surface area contributed by atoms with E-state index >= 15 is 0 Å². The summed E-state index contributed by atoms with van der Waals surface area (Å²) in [4.78, 5) is 12.4. The molecule has 0 radical (unpaired) electrons. The third-order valence-electron chi connectivity index (χ3n) is 4.54. The summed E-state index contributed by atoms with van der Waals surface area (Å²) in [7, 11) is 0. The van der Waals surface area contributed by atoms with Crippen LogP contribution in [0.1, 0.15) is 35.8 Å². The van der Waals surface area contributed by atoms with Gasteiger partial charge in [-0.2, -0.15) is 17.5 Å². The molecule has 25 heavy (non-hydrogen) atoms. The molecule has 0 unspecified atom stereocenters. The normalized spacial score (nSPS) is 19.4. The largest absolute Gasteiger partial charge is 0.433 e. The van der Waals surface area contributed by atoms with E-state index in [4.69, 9.17) is 0 Å². The van der Waals surface area contributed by atoms with Gasteiger partial charge in [0, 0.05) is 56.4 Å². The molecule has 2 fully saturated rings. The van der Waals surface area contributed by atoms with Crippen LogP contribution in [0.2, 0.25) is 0 Å². The average molecular weight is 369 g/mol. The highest BCUT2D eigenvalue weighted by Crippen LogP contribution is 2.39. The van der Waals surface area contributed by atoms with Crippen LogP contribution in [0.4, 0.5) is 18.3 Å². The quantitative estimate of drug-likeness (QED) is 0.828. The van der Waals surface area contributed by atoms with Crippen molar-refractivity contribution in [3.8, 4) is 0 Å². The van der Waals surface area contributed by atoms with Crippen LogP contribution in [-0.4, -0.2) is 45.4 Å². The van der Waals surface area contributed by atoms with Gasteiger partial charge in [0.25, 0.3) is 0 Å². The Morgan fingerprint density at radius 1 is 1.16 bits per heavy atom. The molecular formula is C16H18F3N5S. The molecule has 9 heteroatoms. The van der Waals surface area contributed by atoms with Gasteiger partial charge in [0.05, 0.1) is 0 Å². The first-order valence-corrected chi connectivity index (χ1v) is 9.09. The second kappa shape index (κ2) is 6.53. The van der Waals surface area contributed by atoms with E-state index in [1.807, 2.05) is 0 Å². The van der Waals surface area contributed by atoms with Crippen molar-refractivity contribution in [3.05, 3.63) is 35.4 Å². The van der Waals surface area contributed by atoms with Crippen LogP contribution in [0.3, 0.4) is 0 Å². The fourth-order valence-electron chi connectivity index (χ4n) is 2.95. The topological polar surface area (TPSA) is 45.2 Å². The van der Waals surface area contributed by atoms with Crippen molar-refractivity contribution in [2.45, 2.75) is 31.5 Å². The van der Waals surface area contributed by atoms with Crippen LogP contribution in [0.25, 0.3) is 0 Å². The Kier molecular flexibility index (Phi) is 4.36. The monoisotopic (exact) mass is 369 g/mol. The zero-order chi connectivity index (χ0) is 17.4. The molecule has 0 N–H and O–H groups in total. The van der Waals surface area contributed by atoms with E-state index in [0.717, 1.165) is 43.2 Å². The molecule has 0 spiro atoms. The molecule has 134 valence electrons.